The molecule has 0 amide bonds. The lowest BCUT2D eigenvalue weighted by Gasteiger charge is -2.22. The zero-order chi connectivity index (χ0) is 11.4. The zero-order valence-electron chi connectivity index (χ0n) is 9.12. The molecule has 0 atom stereocenters. The molecule has 3 nitrogen and oxygen atoms in total. The number of nitrogens with zero attached hydrogens (tertiary/aromatic N) is 3. The molecule has 0 N–H and O–H groups in total. The Balaban J connectivity index is 2.28. The first-order chi connectivity index (χ1) is 7.81. The van der Waals surface area contributed by atoms with Crippen LogP contribution in [0.15, 0.2) is 16.7 Å². The Kier molecular flexibility index (Phi) is 3.79. The van der Waals surface area contributed by atoms with Crippen LogP contribution in [0.3, 0.4) is 0 Å². The Morgan fingerprint density at radius 1 is 1.25 bits per heavy atom. The number of nitriles is 1. The summed E-state index contributed by atoms with van der Waals surface area (Å²) in [7, 11) is 0. The van der Waals surface area contributed by atoms with E-state index in [0.717, 1.165) is 23.4 Å². The minimum atomic E-state index is 0.663. The van der Waals surface area contributed by atoms with E-state index in [1.54, 1.807) is 6.20 Å². The molecule has 0 aromatic carbocycles. The monoisotopic (exact) mass is 279 g/mol. The van der Waals surface area contributed by atoms with Gasteiger partial charge in [-0.15, -0.1) is 0 Å². The van der Waals surface area contributed by atoms with Gasteiger partial charge in [0.2, 0.25) is 0 Å². The molecule has 2 rings (SSSR count). The van der Waals surface area contributed by atoms with Crippen LogP contribution in [0, 0.1) is 11.3 Å². The first kappa shape index (κ1) is 11.4. The van der Waals surface area contributed by atoms with Gasteiger partial charge in [0.25, 0.3) is 0 Å². The van der Waals surface area contributed by atoms with Crippen LogP contribution in [0.4, 0.5) is 5.82 Å². The van der Waals surface area contributed by atoms with E-state index < -0.39 is 0 Å². The average Bonchev–Trinajstić information content (AvgIpc) is 2.57. The summed E-state index contributed by atoms with van der Waals surface area (Å²) in [6, 6.07) is 4.06. The van der Waals surface area contributed by atoms with E-state index in [1.165, 1.54) is 25.7 Å². The lowest BCUT2D eigenvalue weighted by atomic mass is 10.2. The Morgan fingerprint density at radius 3 is 2.56 bits per heavy atom. The van der Waals surface area contributed by atoms with Crippen molar-refractivity contribution in [3.63, 3.8) is 0 Å². The van der Waals surface area contributed by atoms with Crippen LogP contribution in [-0.2, 0) is 0 Å². The van der Waals surface area contributed by atoms with Crippen LogP contribution in [0.25, 0.3) is 0 Å². The van der Waals surface area contributed by atoms with Crippen molar-refractivity contribution >= 4 is 21.7 Å². The summed E-state index contributed by atoms with van der Waals surface area (Å²) in [4.78, 5) is 6.61. The van der Waals surface area contributed by atoms with Gasteiger partial charge in [0.1, 0.15) is 11.9 Å². The highest BCUT2D eigenvalue weighted by atomic mass is 79.9. The number of anilines is 1. The maximum absolute atomic E-state index is 9.11. The average molecular weight is 280 g/mol. The lowest BCUT2D eigenvalue weighted by molar-refractivity contribution is 0.726. The highest BCUT2D eigenvalue weighted by Crippen LogP contribution is 2.23. The predicted molar refractivity (Wildman–Crippen MR) is 67.3 cm³/mol. The molecule has 84 valence electrons. The molecule has 0 aliphatic carbocycles. The van der Waals surface area contributed by atoms with Crippen molar-refractivity contribution < 1.29 is 0 Å². The van der Waals surface area contributed by atoms with Crippen LogP contribution in [0.5, 0.6) is 0 Å². The summed E-state index contributed by atoms with van der Waals surface area (Å²) in [6.07, 6.45) is 6.73. The molecular weight excluding hydrogens is 266 g/mol. The minimum absolute atomic E-state index is 0.663. The minimum Gasteiger partial charge on any atom is -0.356 e. The van der Waals surface area contributed by atoms with Crippen molar-refractivity contribution in [1.29, 1.82) is 5.26 Å². The Bertz CT molecular complexity index is 403. The van der Waals surface area contributed by atoms with Crippen LogP contribution in [0.2, 0.25) is 0 Å². The van der Waals surface area contributed by atoms with Crippen LogP contribution < -0.4 is 4.90 Å². The van der Waals surface area contributed by atoms with Gasteiger partial charge in [0.05, 0.1) is 5.56 Å². The Hall–Kier alpha value is -1.08. The first-order valence-electron chi connectivity index (χ1n) is 5.62. The van der Waals surface area contributed by atoms with Crippen molar-refractivity contribution in [1.82, 2.24) is 4.98 Å². The van der Waals surface area contributed by atoms with Crippen molar-refractivity contribution in [2.45, 2.75) is 25.7 Å². The van der Waals surface area contributed by atoms with E-state index in [2.05, 4.69) is 31.9 Å². The topological polar surface area (TPSA) is 39.9 Å². The largest absolute Gasteiger partial charge is 0.356 e. The smallest absolute Gasteiger partial charge is 0.146 e. The van der Waals surface area contributed by atoms with Crippen molar-refractivity contribution in [3.8, 4) is 6.07 Å². The maximum atomic E-state index is 9.11. The summed E-state index contributed by atoms with van der Waals surface area (Å²) in [5.74, 6) is 0.840. The summed E-state index contributed by atoms with van der Waals surface area (Å²) >= 11 is 3.34. The SMILES string of the molecule is N#Cc1cc(Br)cnc1N1CCCCCC1. The maximum Gasteiger partial charge on any atom is 0.146 e. The van der Waals surface area contributed by atoms with Gasteiger partial charge in [-0.3, -0.25) is 0 Å². The molecule has 0 spiro atoms. The molecule has 1 aromatic rings. The first-order valence-corrected chi connectivity index (χ1v) is 6.41. The molecule has 0 bridgehead atoms. The van der Waals surface area contributed by atoms with E-state index in [-0.39, 0.29) is 0 Å². The van der Waals surface area contributed by atoms with Gasteiger partial charge in [-0.1, -0.05) is 12.8 Å². The number of pyridine rings is 1. The second kappa shape index (κ2) is 5.31. The van der Waals surface area contributed by atoms with E-state index in [9.17, 15) is 0 Å². The normalized spacial score (nSPS) is 16.6. The Morgan fingerprint density at radius 2 is 1.94 bits per heavy atom. The van der Waals surface area contributed by atoms with Crippen molar-refractivity contribution in [3.05, 3.63) is 22.3 Å². The van der Waals surface area contributed by atoms with Gasteiger partial charge < -0.3 is 4.90 Å². The number of hydrogen-bond donors (Lipinski definition) is 0. The molecular formula is C12H14BrN3. The van der Waals surface area contributed by atoms with Crippen molar-refractivity contribution in [2.24, 2.45) is 0 Å². The molecule has 1 aliphatic rings. The fraction of sp³-hybridized carbons (Fsp3) is 0.500. The molecule has 1 fully saturated rings. The molecule has 16 heavy (non-hydrogen) atoms. The standard InChI is InChI=1S/C12H14BrN3/c13-11-7-10(8-14)12(15-9-11)16-5-3-1-2-4-6-16/h7,9H,1-6H2. The van der Waals surface area contributed by atoms with Gasteiger partial charge in [-0.2, -0.15) is 5.26 Å². The van der Waals surface area contributed by atoms with Gasteiger partial charge in [-0.05, 0) is 34.8 Å². The number of halogens is 1. The molecule has 1 aliphatic heterocycles. The van der Waals surface area contributed by atoms with Gasteiger partial charge in [-0.25, -0.2) is 4.98 Å². The van der Waals surface area contributed by atoms with E-state index in [1.807, 2.05) is 6.07 Å². The summed E-state index contributed by atoms with van der Waals surface area (Å²) < 4.78 is 0.864. The fourth-order valence-corrected chi connectivity index (χ4v) is 2.38. The van der Waals surface area contributed by atoms with E-state index in [0.29, 0.717) is 5.56 Å². The molecule has 0 unspecified atom stereocenters. The van der Waals surface area contributed by atoms with E-state index in [4.69, 9.17) is 5.26 Å². The summed E-state index contributed by atoms with van der Waals surface area (Å²) in [5.41, 5.74) is 0.663. The summed E-state index contributed by atoms with van der Waals surface area (Å²) in [5, 5.41) is 9.11. The zero-order valence-corrected chi connectivity index (χ0v) is 10.7. The predicted octanol–water partition coefficient (Wildman–Crippen LogP) is 3.10. The summed E-state index contributed by atoms with van der Waals surface area (Å²) in [6.45, 7) is 2.03. The quantitative estimate of drug-likeness (QED) is 0.793. The third kappa shape index (κ3) is 2.53. The highest BCUT2D eigenvalue weighted by molar-refractivity contribution is 9.10. The second-order valence-corrected chi connectivity index (χ2v) is 4.95. The van der Waals surface area contributed by atoms with Gasteiger partial charge in [0.15, 0.2) is 0 Å². The number of hydrogen-bond acceptors (Lipinski definition) is 3. The number of aromatic nitrogens is 1. The Labute approximate surface area is 104 Å². The van der Waals surface area contributed by atoms with E-state index >= 15 is 0 Å². The van der Waals surface area contributed by atoms with Gasteiger partial charge in [0, 0.05) is 23.8 Å². The molecule has 0 radical (unpaired) electrons. The third-order valence-electron chi connectivity index (χ3n) is 2.86. The molecule has 1 saturated heterocycles. The molecule has 0 saturated carbocycles. The fourth-order valence-electron chi connectivity index (χ4n) is 2.05. The lowest BCUT2D eigenvalue weighted by Crippen LogP contribution is -2.25. The highest BCUT2D eigenvalue weighted by Gasteiger charge is 2.14. The molecule has 1 aromatic heterocycles. The molecule has 2 heterocycles. The second-order valence-electron chi connectivity index (χ2n) is 4.04. The van der Waals surface area contributed by atoms with Crippen LogP contribution in [-0.4, -0.2) is 18.1 Å². The van der Waals surface area contributed by atoms with Crippen LogP contribution >= 0.6 is 15.9 Å². The van der Waals surface area contributed by atoms with Gasteiger partial charge >= 0.3 is 0 Å². The number of rotatable bonds is 1. The third-order valence-corrected chi connectivity index (χ3v) is 3.29. The van der Waals surface area contributed by atoms with Crippen LogP contribution in [0.1, 0.15) is 31.2 Å². The van der Waals surface area contributed by atoms with Crippen molar-refractivity contribution in [2.75, 3.05) is 18.0 Å². The molecule has 4 heteroatoms.